The van der Waals surface area contributed by atoms with Crippen LogP contribution in [-0.2, 0) is 10.0 Å². The van der Waals surface area contributed by atoms with Crippen LogP contribution in [0.4, 0.5) is 10.1 Å². The van der Waals surface area contributed by atoms with Crippen molar-refractivity contribution in [2.24, 2.45) is 0 Å². The molecule has 2 aromatic rings. The van der Waals surface area contributed by atoms with E-state index in [-0.39, 0.29) is 16.3 Å². The predicted molar refractivity (Wildman–Crippen MR) is 72.5 cm³/mol. The van der Waals surface area contributed by atoms with Crippen molar-refractivity contribution in [3.63, 3.8) is 0 Å². The van der Waals surface area contributed by atoms with E-state index in [2.05, 4.69) is 0 Å². The third kappa shape index (κ3) is 1.80. The van der Waals surface area contributed by atoms with Crippen LogP contribution in [0.15, 0.2) is 47.4 Å². The quantitative estimate of drug-likeness (QED) is 0.880. The molecule has 104 valence electrons. The number of anilines is 1. The van der Waals surface area contributed by atoms with Crippen molar-refractivity contribution in [1.82, 2.24) is 0 Å². The van der Waals surface area contributed by atoms with Gasteiger partial charge in [-0.05, 0) is 24.3 Å². The number of benzene rings is 2. The monoisotopic (exact) mass is 313 g/mol. The molecule has 1 unspecified atom stereocenters. The van der Waals surface area contributed by atoms with Gasteiger partial charge in [-0.3, -0.25) is 0 Å². The second kappa shape index (κ2) is 4.44. The minimum atomic E-state index is -4.15. The van der Waals surface area contributed by atoms with Crippen LogP contribution in [0.3, 0.4) is 0 Å². The van der Waals surface area contributed by atoms with E-state index in [1.165, 1.54) is 18.2 Å². The molecule has 1 atom stereocenters. The molecule has 1 aliphatic rings. The van der Waals surface area contributed by atoms with E-state index in [9.17, 15) is 17.9 Å². The molecule has 0 fully saturated rings. The van der Waals surface area contributed by atoms with Crippen LogP contribution in [-0.4, -0.2) is 13.5 Å². The topological polar surface area (TPSA) is 57.6 Å². The highest BCUT2D eigenvalue weighted by molar-refractivity contribution is 7.93. The third-order valence-corrected chi connectivity index (χ3v) is 5.16. The highest BCUT2D eigenvalue weighted by Gasteiger charge is 2.44. The molecule has 20 heavy (non-hydrogen) atoms. The smallest absolute Gasteiger partial charge is 0.270 e. The summed E-state index contributed by atoms with van der Waals surface area (Å²) in [6.07, 6.45) is -1.49. The Hall–Kier alpha value is -1.63. The van der Waals surface area contributed by atoms with E-state index in [0.29, 0.717) is 0 Å². The number of aliphatic hydroxyl groups is 1. The first kappa shape index (κ1) is 13.4. The first-order chi connectivity index (χ1) is 9.43. The zero-order valence-electron chi connectivity index (χ0n) is 9.99. The zero-order chi connectivity index (χ0) is 14.5. The average Bonchev–Trinajstić information content (AvgIpc) is 2.57. The Bertz CT molecular complexity index is 780. The molecule has 2 aromatic carbocycles. The molecule has 1 heterocycles. The molecule has 0 spiro atoms. The highest BCUT2D eigenvalue weighted by Crippen LogP contribution is 2.43. The van der Waals surface area contributed by atoms with E-state index in [1.807, 2.05) is 0 Å². The van der Waals surface area contributed by atoms with Gasteiger partial charge in [-0.1, -0.05) is 29.8 Å². The number of sulfonamides is 1. The van der Waals surface area contributed by atoms with Crippen LogP contribution < -0.4 is 4.31 Å². The standard InChI is InChI=1S/C13H9ClFNO3S/c14-8-6-10-12(11(15)7-8)20(18,19)16(13(10)17)9-4-2-1-3-5-9/h1-7,13,17H. The Morgan fingerprint density at radius 3 is 2.50 bits per heavy atom. The zero-order valence-corrected chi connectivity index (χ0v) is 11.6. The predicted octanol–water partition coefficient (Wildman–Crippen LogP) is 2.68. The van der Waals surface area contributed by atoms with Crippen molar-refractivity contribution in [3.8, 4) is 0 Å². The van der Waals surface area contributed by atoms with Gasteiger partial charge >= 0.3 is 0 Å². The van der Waals surface area contributed by atoms with Gasteiger partial charge in [-0.25, -0.2) is 17.1 Å². The minimum Gasteiger partial charge on any atom is -0.368 e. The molecule has 0 bridgehead atoms. The van der Waals surface area contributed by atoms with E-state index >= 15 is 0 Å². The summed E-state index contributed by atoms with van der Waals surface area (Å²) in [5.41, 5.74) is 0.200. The molecule has 0 amide bonds. The molecule has 3 rings (SSSR count). The Kier molecular flexibility index (Phi) is 2.97. The number of rotatable bonds is 1. The van der Waals surface area contributed by atoms with Gasteiger partial charge in [0.2, 0.25) is 0 Å². The summed E-state index contributed by atoms with van der Waals surface area (Å²) >= 11 is 5.72. The molecule has 0 saturated heterocycles. The molecule has 0 aromatic heterocycles. The van der Waals surface area contributed by atoms with Crippen molar-refractivity contribution in [2.45, 2.75) is 11.1 Å². The molecule has 0 aliphatic carbocycles. The van der Waals surface area contributed by atoms with Gasteiger partial charge in [0.15, 0.2) is 6.23 Å². The normalized spacial score (nSPS) is 19.9. The highest BCUT2D eigenvalue weighted by atomic mass is 35.5. The summed E-state index contributed by atoms with van der Waals surface area (Å²) in [4.78, 5) is -0.529. The fourth-order valence-corrected chi connectivity index (χ4v) is 4.21. The summed E-state index contributed by atoms with van der Waals surface area (Å²) in [6, 6.07) is 10.2. The summed E-state index contributed by atoms with van der Waals surface area (Å²) in [6.45, 7) is 0. The Morgan fingerprint density at radius 2 is 1.85 bits per heavy atom. The Morgan fingerprint density at radius 1 is 1.20 bits per heavy atom. The van der Waals surface area contributed by atoms with Gasteiger partial charge in [-0.15, -0.1) is 0 Å². The fourth-order valence-electron chi connectivity index (χ4n) is 2.26. The first-order valence-corrected chi connectivity index (χ1v) is 7.51. The Balaban J connectivity index is 2.27. The molecule has 1 aliphatic heterocycles. The van der Waals surface area contributed by atoms with Crippen molar-refractivity contribution >= 4 is 27.3 Å². The van der Waals surface area contributed by atoms with Crippen molar-refractivity contribution < 1.29 is 17.9 Å². The number of hydrogen-bond donors (Lipinski definition) is 1. The van der Waals surface area contributed by atoms with Crippen molar-refractivity contribution in [3.05, 3.63) is 58.9 Å². The lowest BCUT2D eigenvalue weighted by Crippen LogP contribution is -2.28. The maximum atomic E-state index is 13.9. The van der Waals surface area contributed by atoms with Crippen molar-refractivity contribution in [1.29, 1.82) is 0 Å². The van der Waals surface area contributed by atoms with Crippen molar-refractivity contribution in [2.75, 3.05) is 4.31 Å². The van der Waals surface area contributed by atoms with E-state index in [1.54, 1.807) is 18.2 Å². The average molecular weight is 314 g/mol. The lowest BCUT2D eigenvalue weighted by Gasteiger charge is -2.21. The largest absolute Gasteiger partial charge is 0.368 e. The number of fused-ring (bicyclic) bond motifs is 1. The van der Waals surface area contributed by atoms with Gasteiger partial charge in [0.25, 0.3) is 10.0 Å². The van der Waals surface area contributed by atoms with Gasteiger partial charge in [0.1, 0.15) is 10.7 Å². The number of nitrogens with zero attached hydrogens (tertiary/aromatic N) is 1. The molecule has 7 heteroatoms. The van der Waals surface area contributed by atoms with Crippen LogP contribution in [0.2, 0.25) is 5.02 Å². The third-order valence-electron chi connectivity index (χ3n) is 3.06. The maximum Gasteiger partial charge on any atom is 0.270 e. The molecule has 1 N–H and O–H groups in total. The van der Waals surface area contributed by atoms with E-state index in [4.69, 9.17) is 11.6 Å². The number of para-hydroxylation sites is 1. The summed E-state index contributed by atoms with van der Waals surface area (Å²) in [5.74, 6) is -0.968. The van der Waals surface area contributed by atoms with Gasteiger partial charge in [0, 0.05) is 10.6 Å². The lowest BCUT2D eigenvalue weighted by molar-refractivity contribution is 0.192. The van der Waals surface area contributed by atoms with E-state index < -0.39 is 27.0 Å². The van der Waals surface area contributed by atoms with E-state index in [0.717, 1.165) is 10.4 Å². The van der Waals surface area contributed by atoms with Crippen LogP contribution in [0, 0.1) is 5.82 Å². The number of hydrogen-bond acceptors (Lipinski definition) is 3. The minimum absolute atomic E-state index is 0.0328. The number of halogens is 2. The van der Waals surface area contributed by atoms with Gasteiger partial charge in [0.05, 0.1) is 5.69 Å². The second-order valence-electron chi connectivity index (χ2n) is 4.32. The van der Waals surface area contributed by atoms with Crippen LogP contribution in [0.1, 0.15) is 11.8 Å². The number of aliphatic hydroxyl groups excluding tert-OH is 1. The van der Waals surface area contributed by atoms with Crippen LogP contribution in [0.25, 0.3) is 0 Å². The molecule has 0 saturated carbocycles. The van der Waals surface area contributed by atoms with Crippen LogP contribution >= 0.6 is 11.6 Å². The summed E-state index contributed by atoms with van der Waals surface area (Å²) in [7, 11) is -4.15. The van der Waals surface area contributed by atoms with Crippen LogP contribution in [0.5, 0.6) is 0 Å². The fraction of sp³-hybridized carbons (Fsp3) is 0.0769. The SMILES string of the molecule is O=S1(=O)c2c(F)cc(Cl)cc2C(O)N1c1ccccc1. The molecule has 0 radical (unpaired) electrons. The molecular weight excluding hydrogens is 305 g/mol. The molecule has 4 nitrogen and oxygen atoms in total. The lowest BCUT2D eigenvalue weighted by atomic mass is 10.2. The first-order valence-electron chi connectivity index (χ1n) is 5.69. The Labute approximate surface area is 120 Å². The second-order valence-corrected chi connectivity index (χ2v) is 6.50. The molecular formula is C13H9ClFNO3S. The summed E-state index contributed by atoms with van der Waals surface area (Å²) in [5, 5.41) is 10.2. The maximum absolute atomic E-state index is 13.9. The summed E-state index contributed by atoms with van der Waals surface area (Å²) < 4.78 is 39.5. The van der Waals surface area contributed by atoms with Gasteiger partial charge in [-0.2, -0.15) is 0 Å². The van der Waals surface area contributed by atoms with Gasteiger partial charge < -0.3 is 5.11 Å².